The Morgan fingerprint density at radius 2 is 1.83 bits per heavy atom. The molecule has 0 amide bonds. The average molecular weight is 364 g/mol. The van der Waals surface area contributed by atoms with E-state index in [-0.39, 0.29) is 17.8 Å². The summed E-state index contributed by atoms with van der Waals surface area (Å²) in [7, 11) is 4.15. The first-order valence-corrected chi connectivity index (χ1v) is 9.52. The average Bonchev–Trinajstić information content (AvgIpc) is 2.50. The lowest BCUT2D eigenvalue weighted by Gasteiger charge is -2.41. The van der Waals surface area contributed by atoms with Gasteiger partial charge in [0.15, 0.2) is 5.78 Å². The van der Waals surface area contributed by atoms with E-state index >= 15 is 0 Å². The molecule has 0 unspecified atom stereocenters. The molecule has 0 aliphatic heterocycles. The highest BCUT2D eigenvalue weighted by Crippen LogP contribution is 2.45. The molecule has 1 aliphatic carbocycles. The molecule has 4 heteroatoms. The van der Waals surface area contributed by atoms with Crippen molar-refractivity contribution in [1.82, 2.24) is 4.90 Å². The summed E-state index contributed by atoms with van der Waals surface area (Å²) in [5.41, 5.74) is 1.01. The Balaban J connectivity index is 0.00000208. The summed E-state index contributed by atoms with van der Waals surface area (Å²) >= 11 is 1.77. The minimum Gasteiger partial charge on any atom is -0.309 e. The Morgan fingerprint density at radius 1 is 1.12 bits per heavy atom. The van der Waals surface area contributed by atoms with E-state index < -0.39 is 0 Å². The summed E-state index contributed by atoms with van der Waals surface area (Å²) < 4.78 is 0. The zero-order chi connectivity index (χ0) is 16.3. The number of carbonyl (C=O) groups excluding carboxylic acids is 1. The number of carbonyl (C=O) groups is 1. The molecule has 1 fully saturated rings. The van der Waals surface area contributed by atoms with Crippen LogP contribution in [0.3, 0.4) is 0 Å². The van der Waals surface area contributed by atoms with Gasteiger partial charge in [-0.25, -0.2) is 0 Å². The van der Waals surface area contributed by atoms with Crippen molar-refractivity contribution in [1.29, 1.82) is 0 Å². The van der Waals surface area contributed by atoms with Gasteiger partial charge in [0.25, 0.3) is 0 Å². The summed E-state index contributed by atoms with van der Waals surface area (Å²) in [5, 5.41) is 2.49. The van der Waals surface area contributed by atoms with E-state index in [1.165, 1.54) is 22.8 Å². The number of halogens is 1. The molecular weight excluding hydrogens is 338 g/mol. The molecule has 1 saturated carbocycles. The third-order valence-corrected chi connectivity index (χ3v) is 5.90. The third-order valence-electron chi connectivity index (χ3n) is 4.96. The van der Waals surface area contributed by atoms with Crippen LogP contribution in [0.2, 0.25) is 0 Å². The topological polar surface area (TPSA) is 20.3 Å². The van der Waals surface area contributed by atoms with E-state index in [9.17, 15) is 4.79 Å². The van der Waals surface area contributed by atoms with Crippen molar-refractivity contribution in [2.75, 3.05) is 32.1 Å². The Bertz CT molecular complexity index is 697. The minimum atomic E-state index is -0.213. The highest BCUT2D eigenvalue weighted by atomic mass is 35.5. The second-order valence-electron chi connectivity index (χ2n) is 6.78. The van der Waals surface area contributed by atoms with Gasteiger partial charge in [0, 0.05) is 12.3 Å². The van der Waals surface area contributed by atoms with Gasteiger partial charge in [0.05, 0.1) is 11.2 Å². The van der Waals surface area contributed by atoms with Gasteiger partial charge in [-0.1, -0.05) is 48.9 Å². The van der Waals surface area contributed by atoms with Crippen molar-refractivity contribution >= 4 is 40.7 Å². The molecule has 0 saturated heterocycles. The Labute approximate surface area is 155 Å². The van der Waals surface area contributed by atoms with Crippen molar-refractivity contribution in [3.05, 3.63) is 48.0 Å². The number of hydrogen-bond acceptors (Lipinski definition) is 3. The van der Waals surface area contributed by atoms with Crippen LogP contribution in [0.15, 0.2) is 42.5 Å². The largest absolute Gasteiger partial charge is 0.309 e. The van der Waals surface area contributed by atoms with Gasteiger partial charge in [-0.15, -0.1) is 12.4 Å². The van der Waals surface area contributed by atoms with Crippen LogP contribution in [-0.2, 0) is 10.2 Å². The first-order chi connectivity index (χ1) is 11.1. The summed E-state index contributed by atoms with van der Waals surface area (Å²) in [6.45, 7) is 1.03. The van der Waals surface area contributed by atoms with Crippen LogP contribution >= 0.6 is 24.2 Å². The molecule has 0 atom stereocenters. The Hall–Kier alpha value is -1.03. The van der Waals surface area contributed by atoms with Gasteiger partial charge in [-0.05, 0) is 43.3 Å². The van der Waals surface area contributed by atoms with Gasteiger partial charge in [0.2, 0.25) is 0 Å². The fraction of sp³-hybridized carbons (Fsp3) is 0.450. The molecule has 130 valence electrons. The molecule has 0 bridgehead atoms. The van der Waals surface area contributed by atoms with Gasteiger partial charge >= 0.3 is 0 Å². The predicted octanol–water partition coefficient (Wildman–Crippen LogP) is 4.55. The zero-order valence-electron chi connectivity index (χ0n) is 14.5. The van der Waals surface area contributed by atoms with E-state index in [0.717, 1.165) is 25.1 Å². The second-order valence-corrected chi connectivity index (χ2v) is 7.88. The SMILES string of the molecule is CN(C)CCSCC(=O)C1(c2ccc3ccccc3c2)CCC1.Cl. The molecule has 0 aromatic heterocycles. The lowest BCUT2D eigenvalue weighted by atomic mass is 9.62. The van der Waals surface area contributed by atoms with Crippen molar-refractivity contribution < 1.29 is 4.79 Å². The number of benzene rings is 2. The molecule has 2 aromatic carbocycles. The normalized spacial score (nSPS) is 15.8. The van der Waals surface area contributed by atoms with Crippen LogP contribution < -0.4 is 0 Å². The summed E-state index contributed by atoms with van der Waals surface area (Å²) in [6, 6.07) is 15.0. The maximum Gasteiger partial charge on any atom is 0.153 e. The Morgan fingerprint density at radius 3 is 2.46 bits per heavy atom. The molecule has 0 radical (unpaired) electrons. The van der Waals surface area contributed by atoms with Crippen LogP contribution in [-0.4, -0.2) is 42.8 Å². The number of thioether (sulfide) groups is 1. The number of hydrogen-bond donors (Lipinski definition) is 0. The second kappa shape index (κ2) is 8.37. The fourth-order valence-electron chi connectivity index (χ4n) is 3.30. The van der Waals surface area contributed by atoms with Gasteiger partial charge < -0.3 is 4.90 Å². The molecule has 24 heavy (non-hydrogen) atoms. The summed E-state index contributed by atoms with van der Waals surface area (Å²) in [6.07, 6.45) is 3.19. The maximum atomic E-state index is 12.9. The van der Waals surface area contributed by atoms with Crippen LogP contribution in [0.1, 0.15) is 24.8 Å². The molecule has 3 rings (SSSR count). The predicted molar refractivity (Wildman–Crippen MR) is 108 cm³/mol. The number of rotatable bonds is 7. The molecule has 1 aliphatic rings. The van der Waals surface area contributed by atoms with Crippen molar-refractivity contribution in [2.45, 2.75) is 24.7 Å². The van der Waals surface area contributed by atoms with Crippen LogP contribution in [0.25, 0.3) is 10.8 Å². The molecular formula is C20H26ClNOS. The molecule has 0 N–H and O–H groups in total. The lowest BCUT2D eigenvalue weighted by molar-refractivity contribution is -0.125. The maximum absolute atomic E-state index is 12.9. The Kier molecular flexibility index (Phi) is 6.73. The van der Waals surface area contributed by atoms with Crippen molar-refractivity contribution in [3.63, 3.8) is 0 Å². The number of nitrogens with zero attached hydrogens (tertiary/aromatic N) is 1. The zero-order valence-corrected chi connectivity index (χ0v) is 16.1. The molecule has 0 heterocycles. The number of fused-ring (bicyclic) bond motifs is 1. The van der Waals surface area contributed by atoms with E-state index in [2.05, 4.69) is 61.5 Å². The van der Waals surface area contributed by atoms with E-state index in [1.54, 1.807) is 11.8 Å². The number of Topliss-reactive ketones (excluding diaryl/α,β-unsaturated/α-hetero) is 1. The fourth-order valence-corrected chi connectivity index (χ4v) is 4.40. The quantitative estimate of drug-likeness (QED) is 0.673. The van der Waals surface area contributed by atoms with Crippen LogP contribution in [0.5, 0.6) is 0 Å². The monoisotopic (exact) mass is 363 g/mol. The van der Waals surface area contributed by atoms with Crippen molar-refractivity contribution in [3.8, 4) is 0 Å². The summed E-state index contributed by atoms with van der Waals surface area (Å²) in [4.78, 5) is 15.1. The van der Waals surface area contributed by atoms with E-state index in [0.29, 0.717) is 11.5 Å². The van der Waals surface area contributed by atoms with Gasteiger partial charge in [0.1, 0.15) is 0 Å². The lowest BCUT2D eigenvalue weighted by Crippen LogP contribution is -2.43. The third kappa shape index (κ3) is 3.96. The minimum absolute atomic E-state index is 0. The molecule has 2 nitrogen and oxygen atoms in total. The first kappa shape index (κ1) is 19.3. The number of ketones is 1. The van der Waals surface area contributed by atoms with Crippen LogP contribution in [0, 0.1) is 0 Å². The van der Waals surface area contributed by atoms with Crippen molar-refractivity contribution in [2.24, 2.45) is 0 Å². The van der Waals surface area contributed by atoms with E-state index in [4.69, 9.17) is 0 Å². The first-order valence-electron chi connectivity index (χ1n) is 8.37. The molecule has 0 spiro atoms. The summed E-state index contributed by atoms with van der Waals surface area (Å²) in [5.74, 6) is 2.08. The van der Waals surface area contributed by atoms with Gasteiger partial charge in [-0.3, -0.25) is 4.79 Å². The van der Waals surface area contributed by atoms with Crippen LogP contribution in [0.4, 0.5) is 0 Å². The molecule has 2 aromatic rings. The highest BCUT2D eigenvalue weighted by Gasteiger charge is 2.44. The standard InChI is InChI=1S/C20H25NOS.ClH/c1-21(2)12-13-23-15-19(22)20(10-5-11-20)18-9-8-16-6-3-4-7-17(16)14-18;/h3-4,6-9,14H,5,10-13,15H2,1-2H3;1H. The van der Waals surface area contributed by atoms with Gasteiger partial charge in [-0.2, -0.15) is 11.8 Å². The highest BCUT2D eigenvalue weighted by molar-refractivity contribution is 7.99. The smallest absolute Gasteiger partial charge is 0.153 e. The van der Waals surface area contributed by atoms with E-state index in [1.807, 2.05) is 0 Å².